The molecule has 0 aliphatic rings. The van der Waals surface area contributed by atoms with Gasteiger partial charge >= 0.3 is 0 Å². The Balaban J connectivity index is 4.79. The molecule has 0 radical (unpaired) electrons. The van der Waals surface area contributed by atoms with Crippen LogP contribution in [0.2, 0.25) is 0 Å². The normalized spacial score (nSPS) is 14.9. The minimum Gasteiger partial charge on any atom is -0.345 e. The summed E-state index contributed by atoms with van der Waals surface area (Å²) in [6, 6.07) is -1.90. The van der Waals surface area contributed by atoms with Crippen LogP contribution in [0.4, 0.5) is 0 Å². The maximum atomic E-state index is 12.5. The minimum atomic E-state index is -0.692. The molecule has 2 amide bonds. The van der Waals surface area contributed by atoms with Crippen LogP contribution in [-0.2, 0) is 14.4 Å². The van der Waals surface area contributed by atoms with Crippen molar-refractivity contribution >= 4 is 18.1 Å². The Morgan fingerprint density at radius 1 is 0.960 bits per heavy atom. The van der Waals surface area contributed by atoms with Gasteiger partial charge in [0, 0.05) is 0 Å². The van der Waals surface area contributed by atoms with Gasteiger partial charge in [-0.2, -0.15) is 0 Å². The highest BCUT2D eigenvalue weighted by Crippen LogP contribution is 2.08. The molecule has 25 heavy (non-hydrogen) atoms. The molecule has 0 fully saturated rings. The molecular formula is C18H36N4O3. The van der Waals surface area contributed by atoms with E-state index in [1.54, 1.807) is 0 Å². The first kappa shape index (κ1) is 23.5. The van der Waals surface area contributed by atoms with Crippen molar-refractivity contribution in [3.63, 3.8) is 0 Å². The van der Waals surface area contributed by atoms with Crippen LogP contribution in [0.15, 0.2) is 0 Å². The van der Waals surface area contributed by atoms with E-state index in [1.165, 1.54) is 0 Å². The van der Waals surface area contributed by atoms with Crippen molar-refractivity contribution in [3.8, 4) is 0 Å². The fourth-order valence-electron chi connectivity index (χ4n) is 2.56. The van der Waals surface area contributed by atoms with E-state index in [-0.39, 0.29) is 17.7 Å². The lowest BCUT2D eigenvalue weighted by Crippen LogP contribution is -2.54. The van der Waals surface area contributed by atoms with Gasteiger partial charge in [-0.3, -0.25) is 9.59 Å². The Morgan fingerprint density at radius 3 is 2.04 bits per heavy atom. The molecule has 6 N–H and O–H groups in total. The number of unbranched alkanes of at least 4 members (excludes halogenated alkanes) is 1. The van der Waals surface area contributed by atoms with Crippen molar-refractivity contribution in [1.29, 1.82) is 0 Å². The third-order valence-corrected chi connectivity index (χ3v) is 3.86. The molecule has 0 aliphatic heterocycles. The molecule has 0 saturated heterocycles. The van der Waals surface area contributed by atoms with Crippen LogP contribution in [0, 0.1) is 11.8 Å². The predicted molar refractivity (Wildman–Crippen MR) is 99.7 cm³/mol. The van der Waals surface area contributed by atoms with E-state index in [4.69, 9.17) is 11.5 Å². The Hall–Kier alpha value is -1.47. The Kier molecular flexibility index (Phi) is 12.1. The summed E-state index contributed by atoms with van der Waals surface area (Å²) in [6.07, 6.45) is 3.88. The molecule has 0 aliphatic carbocycles. The molecule has 146 valence electrons. The Labute approximate surface area is 151 Å². The Morgan fingerprint density at radius 2 is 1.56 bits per heavy atom. The second-order valence-corrected chi connectivity index (χ2v) is 7.46. The summed E-state index contributed by atoms with van der Waals surface area (Å²) in [5, 5.41) is 5.45. The second-order valence-electron chi connectivity index (χ2n) is 7.46. The molecule has 0 unspecified atom stereocenters. The highest BCUT2D eigenvalue weighted by Gasteiger charge is 2.26. The van der Waals surface area contributed by atoms with Crippen molar-refractivity contribution in [2.75, 3.05) is 6.54 Å². The van der Waals surface area contributed by atoms with E-state index in [0.29, 0.717) is 31.7 Å². The van der Waals surface area contributed by atoms with Gasteiger partial charge in [0.1, 0.15) is 12.3 Å². The van der Waals surface area contributed by atoms with Crippen molar-refractivity contribution < 1.29 is 14.4 Å². The summed E-state index contributed by atoms with van der Waals surface area (Å²) in [5.41, 5.74) is 11.3. The van der Waals surface area contributed by atoms with Crippen LogP contribution in [0.3, 0.4) is 0 Å². The van der Waals surface area contributed by atoms with E-state index in [1.807, 2.05) is 27.7 Å². The number of amides is 2. The molecule has 7 heteroatoms. The quantitative estimate of drug-likeness (QED) is 0.285. The molecule has 0 aromatic carbocycles. The van der Waals surface area contributed by atoms with Crippen molar-refractivity contribution in [2.45, 2.75) is 77.9 Å². The SMILES string of the molecule is CC(C)C[C@H](NC(=O)[C@@H](N)CC(C)C)C(=O)N[C@H](C=O)CCCCN. The number of aldehydes is 1. The average Bonchev–Trinajstić information content (AvgIpc) is 2.52. The summed E-state index contributed by atoms with van der Waals surface area (Å²) in [6.45, 7) is 8.47. The van der Waals surface area contributed by atoms with Gasteiger partial charge in [-0.15, -0.1) is 0 Å². The molecule has 0 spiro atoms. The zero-order valence-electron chi connectivity index (χ0n) is 16.1. The van der Waals surface area contributed by atoms with Crippen LogP contribution in [0.25, 0.3) is 0 Å². The number of hydrogen-bond acceptors (Lipinski definition) is 5. The van der Waals surface area contributed by atoms with Crippen LogP contribution in [-0.4, -0.2) is 42.8 Å². The molecule has 0 rings (SSSR count). The lowest BCUT2D eigenvalue weighted by Gasteiger charge is -2.24. The van der Waals surface area contributed by atoms with Gasteiger partial charge in [-0.05, 0) is 50.5 Å². The number of rotatable bonds is 13. The highest BCUT2D eigenvalue weighted by atomic mass is 16.2. The van der Waals surface area contributed by atoms with Gasteiger partial charge in [0.05, 0.1) is 12.1 Å². The first-order valence-electron chi connectivity index (χ1n) is 9.22. The standard InChI is InChI=1S/C18H36N4O3/c1-12(2)9-15(20)17(24)22-16(10-13(3)4)18(25)21-14(11-23)7-5-6-8-19/h11-16H,5-10,19-20H2,1-4H3,(H,21,25)(H,22,24)/t14-,15-,16-/m0/s1. The van der Waals surface area contributed by atoms with Gasteiger partial charge in [-0.25, -0.2) is 0 Å². The van der Waals surface area contributed by atoms with Gasteiger partial charge < -0.3 is 26.9 Å². The fraction of sp³-hybridized carbons (Fsp3) is 0.833. The van der Waals surface area contributed by atoms with Gasteiger partial charge in [-0.1, -0.05) is 27.7 Å². The first-order chi connectivity index (χ1) is 11.7. The van der Waals surface area contributed by atoms with E-state index >= 15 is 0 Å². The van der Waals surface area contributed by atoms with Gasteiger partial charge in [0.25, 0.3) is 0 Å². The summed E-state index contributed by atoms with van der Waals surface area (Å²) in [7, 11) is 0. The lowest BCUT2D eigenvalue weighted by atomic mass is 10.00. The first-order valence-corrected chi connectivity index (χ1v) is 9.22. The molecule has 0 bridgehead atoms. The molecule has 0 aromatic rings. The topological polar surface area (TPSA) is 127 Å². The van der Waals surface area contributed by atoms with Gasteiger partial charge in [0.2, 0.25) is 11.8 Å². The number of nitrogens with two attached hydrogens (primary N) is 2. The summed E-state index contributed by atoms with van der Waals surface area (Å²) in [4.78, 5) is 35.9. The largest absolute Gasteiger partial charge is 0.345 e. The van der Waals surface area contributed by atoms with E-state index < -0.39 is 18.1 Å². The number of hydrogen-bond donors (Lipinski definition) is 4. The number of nitrogens with one attached hydrogen (secondary N) is 2. The van der Waals surface area contributed by atoms with E-state index in [0.717, 1.165) is 19.1 Å². The minimum absolute atomic E-state index is 0.212. The molecule has 7 nitrogen and oxygen atoms in total. The summed E-state index contributed by atoms with van der Waals surface area (Å²) < 4.78 is 0. The number of carbonyl (C=O) groups excluding carboxylic acids is 3. The average molecular weight is 357 g/mol. The van der Waals surface area contributed by atoms with Crippen molar-refractivity contribution in [1.82, 2.24) is 10.6 Å². The monoisotopic (exact) mass is 356 g/mol. The van der Waals surface area contributed by atoms with Crippen LogP contribution >= 0.6 is 0 Å². The second kappa shape index (κ2) is 12.8. The van der Waals surface area contributed by atoms with E-state index in [9.17, 15) is 14.4 Å². The molecule has 3 atom stereocenters. The van der Waals surface area contributed by atoms with Crippen molar-refractivity contribution in [3.05, 3.63) is 0 Å². The molecule has 0 heterocycles. The highest BCUT2D eigenvalue weighted by molar-refractivity contribution is 5.90. The molecule has 0 saturated carbocycles. The predicted octanol–water partition coefficient (Wildman–Crippen LogP) is 0.703. The van der Waals surface area contributed by atoms with Crippen LogP contribution in [0.5, 0.6) is 0 Å². The fourth-order valence-corrected chi connectivity index (χ4v) is 2.56. The van der Waals surface area contributed by atoms with Crippen molar-refractivity contribution in [2.24, 2.45) is 23.3 Å². The van der Waals surface area contributed by atoms with Crippen LogP contribution < -0.4 is 22.1 Å². The zero-order chi connectivity index (χ0) is 19.4. The molecule has 0 aromatic heterocycles. The zero-order valence-corrected chi connectivity index (χ0v) is 16.1. The lowest BCUT2D eigenvalue weighted by molar-refractivity contribution is -0.131. The maximum absolute atomic E-state index is 12.5. The smallest absolute Gasteiger partial charge is 0.243 e. The van der Waals surface area contributed by atoms with E-state index in [2.05, 4.69) is 10.6 Å². The van der Waals surface area contributed by atoms with Crippen LogP contribution in [0.1, 0.15) is 59.8 Å². The third-order valence-electron chi connectivity index (χ3n) is 3.86. The number of carbonyl (C=O) groups is 3. The Bertz CT molecular complexity index is 413. The summed E-state index contributed by atoms with van der Waals surface area (Å²) in [5.74, 6) is -0.173. The third kappa shape index (κ3) is 10.9. The molecular weight excluding hydrogens is 320 g/mol. The maximum Gasteiger partial charge on any atom is 0.243 e. The van der Waals surface area contributed by atoms with Gasteiger partial charge in [0.15, 0.2) is 0 Å². The summed E-state index contributed by atoms with van der Waals surface area (Å²) >= 11 is 0.